The molecule has 0 saturated carbocycles. The van der Waals surface area contributed by atoms with Crippen LogP contribution in [0.2, 0.25) is 0 Å². The molecule has 0 fully saturated rings. The maximum atomic E-state index is 12.5. The third kappa shape index (κ3) is 4.97. The molecule has 0 amide bonds. The molecular formula is C10H10ClF6NO2. The standard InChI is InChI=1S/C10H9F6NO2.ClH/c1-18-7-3-2-5(19-10(14,15)16)4-6(7)8(17)9(11,12)13;/h2-4,8H,17H2,1H3;1H/t8-;/m0./s1. The molecule has 0 saturated heterocycles. The van der Waals surface area contributed by atoms with Gasteiger partial charge in [-0.3, -0.25) is 0 Å². The number of alkyl halides is 6. The quantitative estimate of drug-likeness (QED) is 0.864. The molecule has 3 nitrogen and oxygen atoms in total. The van der Waals surface area contributed by atoms with Gasteiger partial charge in [0.25, 0.3) is 0 Å². The smallest absolute Gasteiger partial charge is 0.496 e. The molecule has 0 bridgehead atoms. The van der Waals surface area contributed by atoms with Crippen LogP contribution in [0, 0.1) is 0 Å². The maximum absolute atomic E-state index is 12.5. The highest BCUT2D eigenvalue weighted by molar-refractivity contribution is 5.85. The molecule has 0 spiro atoms. The van der Waals surface area contributed by atoms with E-state index in [2.05, 4.69) is 9.47 Å². The Balaban J connectivity index is 0.00000361. The minimum Gasteiger partial charge on any atom is -0.496 e. The first-order valence-electron chi connectivity index (χ1n) is 4.80. The van der Waals surface area contributed by atoms with Crippen LogP contribution < -0.4 is 15.2 Å². The summed E-state index contributed by atoms with van der Waals surface area (Å²) in [5, 5.41) is 0. The number of hydrogen-bond donors (Lipinski definition) is 1. The van der Waals surface area contributed by atoms with Gasteiger partial charge in [0.2, 0.25) is 0 Å². The van der Waals surface area contributed by atoms with E-state index < -0.39 is 29.9 Å². The van der Waals surface area contributed by atoms with Gasteiger partial charge in [0, 0.05) is 5.56 Å². The van der Waals surface area contributed by atoms with Crippen molar-refractivity contribution in [3.63, 3.8) is 0 Å². The van der Waals surface area contributed by atoms with Crippen molar-refractivity contribution in [2.24, 2.45) is 5.73 Å². The molecule has 1 aromatic rings. The van der Waals surface area contributed by atoms with E-state index in [0.717, 1.165) is 19.2 Å². The van der Waals surface area contributed by atoms with Crippen LogP contribution in [0.1, 0.15) is 11.6 Å². The summed E-state index contributed by atoms with van der Waals surface area (Å²) in [6.07, 6.45) is -9.82. The number of ether oxygens (including phenoxy) is 2. The summed E-state index contributed by atoms with van der Waals surface area (Å²) >= 11 is 0. The van der Waals surface area contributed by atoms with Gasteiger partial charge >= 0.3 is 12.5 Å². The highest BCUT2D eigenvalue weighted by Gasteiger charge is 2.40. The van der Waals surface area contributed by atoms with E-state index in [1.165, 1.54) is 0 Å². The zero-order valence-corrected chi connectivity index (χ0v) is 10.7. The van der Waals surface area contributed by atoms with Crippen molar-refractivity contribution in [2.75, 3.05) is 7.11 Å². The molecular weight excluding hydrogens is 316 g/mol. The molecule has 0 aliphatic rings. The maximum Gasteiger partial charge on any atom is 0.573 e. The van der Waals surface area contributed by atoms with Crippen LogP contribution in [0.4, 0.5) is 26.3 Å². The fourth-order valence-corrected chi connectivity index (χ4v) is 1.33. The molecule has 0 radical (unpaired) electrons. The van der Waals surface area contributed by atoms with Gasteiger partial charge in [0.15, 0.2) is 0 Å². The molecule has 20 heavy (non-hydrogen) atoms. The van der Waals surface area contributed by atoms with Gasteiger partial charge in [-0.25, -0.2) is 0 Å². The second-order valence-electron chi connectivity index (χ2n) is 3.47. The van der Waals surface area contributed by atoms with Gasteiger partial charge in [-0.1, -0.05) is 0 Å². The number of halogens is 7. The van der Waals surface area contributed by atoms with Gasteiger partial charge in [0.05, 0.1) is 7.11 Å². The summed E-state index contributed by atoms with van der Waals surface area (Å²) in [4.78, 5) is 0. The van der Waals surface area contributed by atoms with Crippen molar-refractivity contribution in [3.8, 4) is 11.5 Å². The molecule has 10 heteroatoms. The van der Waals surface area contributed by atoms with Crippen molar-refractivity contribution >= 4 is 12.4 Å². The number of rotatable bonds is 3. The van der Waals surface area contributed by atoms with Crippen molar-refractivity contribution in [1.29, 1.82) is 0 Å². The van der Waals surface area contributed by atoms with Crippen molar-refractivity contribution in [2.45, 2.75) is 18.6 Å². The molecule has 0 aromatic heterocycles. The molecule has 116 valence electrons. The lowest BCUT2D eigenvalue weighted by Gasteiger charge is -2.19. The third-order valence-electron chi connectivity index (χ3n) is 2.12. The largest absolute Gasteiger partial charge is 0.573 e. The predicted octanol–water partition coefficient (Wildman–Crippen LogP) is 3.58. The van der Waals surface area contributed by atoms with Crippen molar-refractivity contribution in [3.05, 3.63) is 23.8 Å². The van der Waals surface area contributed by atoms with Gasteiger partial charge in [-0.15, -0.1) is 25.6 Å². The highest BCUT2D eigenvalue weighted by Crippen LogP contribution is 2.38. The lowest BCUT2D eigenvalue weighted by molar-refractivity contribution is -0.274. The Morgan fingerprint density at radius 1 is 1.10 bits per heavy atom. The lowest BCUT2D eigenvalue weighted by Crippen LogP contribution is -2.29. The Hall–Kier alpha value is -1.35. The molecule has 1 rings (SSSR count). The Morgan fingerprint density at radius 3 is 2.05 bits per heavy atom. The minimum atomic E-state index is -5.01. The fraction of sp³-hybridized carbons (Fsp3) is 0.400. The van der Waals surface area contributed by atoms with Crippen LogP contribution >= 0.6 is 12.4 Å². The van der Waals surface area contributed by atoms with Crippen LogP contribution in [0.5, 0.6) is 11.5 Å². The van der Waals surface area contributed by atoms with Crippen LogP contribution in [0.25, 0.3) is 0 Å². The Labute approximate surface area is 116 Å². The summed E-state index contributed by atoms with van der Waals surface area (Å²) in [5.74, 6) is -1.08. The fourth-order valence-electron chi connectivity index (χ4n) is 1.33. The summed E-state index contributed by atoms with van der Waals surface area (Å²) in [5.41, 5.74) is 4.30. The van der Waals surface area contributed by atoms with Crippen LogP contribution in [-0.2, 0) is 0 Å². The van der Waals surface area contributed by atoms with Crippen LogP contribution in [0.15, 0.2) is 18.2 Å². The summed E-state index contributed by atoms with van der Waals surface area (Å²) in [7, 11) is 1.08. The normalized spacial score (nSPS) is 13.4. The summed E-state index contributed by atoms with van der Waals surface area (Å²) in [6, 6.07) is -0.176. The number of benzene rings is 1. The molecule has 1 aromatic carbocycles. The summed E-state index contributed by atoms with van der Waals surface area (Å²) in [6.45, 7) is 0. The average molecular weight is 326 g/mol. The van der Waals surface area contributed by atoms with E-state index in [9.17, 15) is 26.3 Å². The zero-order valence-electron chi connectivity index (χ0n) is 9.88. The SMILES string of the molecule is COc1ccc(OC(F)(F)F)cc1[C@H](N)C(F)(F)F.Cl. The molecule has 0 aliphatic heterocycles. The zero-order chi connectivity index (χ0) is 14.8. The number of hydrogen-bond acceptors (Lipinski definition) is 3. The first-order valence-corrected chi connectivity index (χ1v) is 4.80. The molecule has 0 heterocycles. The first kappa shape index (κ1) is 18.7. The average Bonchev–Trinajstić information content (AvgIpc) is 2.24. The molecule has 2 N–H and O–H groups in total. The molecule has 0 unspecified atom stereocenters. The highest BCUT2D eigenvalue weighted by atomic mass is 35.5. The minimum absolute atomic E-state index is 0. The Morgan fingerprint density at radius 2 is 1.65 bits per heavy atom. The van der Waals surface area contributed by atoms with Crippen molar-refractivity contribution in [1.82, 2.24) is 0 Å². The van der Waals surface area contributed by atoms with Gasteiger partial charge in [-0.2, -0.15) is 13.2 Å². The Bertz CT molecular complexity index is 448. The van der Waals surface area contributed by atoms with Crippen LogP contribution in [-0.4, -0.2) is 19.6 Å². The van der Waals surface area contributed by atoms with E-state index in [4.69, 9.17) is 5.73 Å². The van der Waals surface area contributed by atoms with E-state index in [-0.39, 0.29) is 18.2 Å². The van der Waals surface area contributed by atoms with E-state index in [1.807, 2.05) is 0 Å². The predicted molar refractivity (Wildman–Crippen MR) is 59.9 cm³/mol. The summed E-state index contributed by atoms with van der Waals surface area (Å²) < 4.78 is 81.5. The lowest BCUT2D eigenvalue weighted by atomic mass is 10.1. The third-order valence-corrected chi connectivity index (χ3v) is 2.12. The Kier molecular flexibility index (Phi) is 5.97. The second-order valence-corrected chi connectivity index (χ2v) is 3.47. The topological polar surface area (TPSA) is 44.5 Å². The molecule has 1 atom stereocenters. The van der Waals surface area contributed by atoms with Gasteiger partial charge in [0.1, 0.15) is 17.5 Å². The monoisotopic (exact) mass is 325 g/mol. The number of methoxy groups -OCH3 is 1. The number of nitrogens with two attached hydrogens (primary N) is 1. The second kappa shape index (κ2) is 6.40. The van der Waals surface area contributed by atoms with E-state index in [0.29, 0.717) is 6.07 Å². The van der Waals surface area contributed by atoms with Crippen molar-refractivity contribution < 1.29 is 35.8 Å². The van der Waals surface area contributed by atoms with Gasteiger partial charge in [-0.05, 0) is 18.2 Å². The van der Waals surface area contributed by atoms with E-state index >= 15 is 0 Å². The van der Waals surface area contributed by atoms with Crippen LogP contribution in [0.3, 0.4) is 0 Å². The van der Waals surface area contributed by atoms with E-state index in [1.54, 1.807) is 0 Å². The van der Waals surface area contributed by atoms with Gasteiger partial charge < -0.3 is 15.2 Å². The molecule has 0 aliphatic carbocycles. The first-order chi connectivity index (χ1) is 8.54.